The molecule has 1 aromatic heterocycles. The van der Waals surface area contributed by atoms with Gasteiger partial charge >= 0.3 is 0 Å². The Balaban J connectivity index is 1.79. The molecular weight excluding hydrogens is 224 g/mol. The van der Waals surface area contributed by atoms with E-state index in [4.69, 9.17) is 0 Å². The summed E-state index contributed by atoms with van der Waals surface area (Å²) < 4.78 is 1.97. The largest absolute Gasteiger partial charge is 0.312 e. The van der Waals surface area contributed by atoms with Gasteiger partial charge in [0.05, 0.1) is 5.69 Å². The van der Waals surface area contributed by atoms with Crippen molar-refractivity contribution in [3.8, 4) is 0 Å². The summed E-state index contributed by atoms with van der Waals surface area (Å²) in [6, 6.07) is 0. The third-order valence-electron chi connectivity index (χ3n) is 4.21. The van der Waals surface area contributed by atoms with Crippen molar-refractivity contribution < 1.29 is 0 Å². The van der Waals surface area contributed by atoms with Crippen LogP contribution in [0.15, 0.2) is 0 Å². The highest BCUT2D eigenvalue weighted by Crippen LogP contribution is 2.15. The molecule has 0 saturated carbocycles. The van der Waals surface area contributed by atoms with Crippen molar-refractivity contribution in [2.75, 3.05) is 26.2 Å². The molecule has 1 aliphatic heterocycles. The standard InChI is InChI=1S/C14H26N4/c1-5-18-7-6-13(10-18)8-15-9-14-11(2)16-17(4)12(14)3/h13,15H,5-10H2,1-4H3/t13-/m1/s1. The Bertz CT molecular complexity index is 397. The van der Waals surface area contributed by atoms with Crippen molar-refractivity contribution in [3.63, 3.8) is 0 Å². The molecule has 0 amide bonds. The number of hydrogen-bond donors (Lipinski definition) is 1. The van der Waals surface area contributed by atoms with Crippen LogP contribution in [0.2, 0.25) is 0 Å². The average Bonchev–Trinajstić information content (AvgIpc) is 2.89. The van der Waals surface area contributed by atoms with Crippen LogP contribution >= 0.6 is 0 Å². The zero-order valence-electron chi connectivity index (χ0n) is 12.2. The van der Waals surface area contributed by atoms with E-state index in [9.17, 15) is 0 Å². The first-order valence-electron chi connectivity index (χ1n) is 7.04. The summed E-state index contributed by atoms with van der Waals surface area (Å²) in [7, 11) is 2.02. The van der Waals surface area contributed by atoms with Gasteiger partial charge in [0, 0.05) is 31.4 Å². The lowest BCUT2D eigenvalue weighted by molar-refractivity contribution is 0.339. The van der Waals surface area contributed by atoms with Crippen LogP contribution in [0.1, 0.15) is 30.3 Å². The molecule has 1 N–H and O–H groups in total. The van der Waals surface area contributed by atoms with Crippen LogP contribution in [-0.2, 0) is 13.6 Å². The summed E-state index contributed by atoms with van der Waals surface area (Å²) in [5.41, 5.74) is 3.80. The fourth-order valence-electron chi connectivity index (χ4n) is 2.84. The first kappa shape index (κ1) is 13.6. The number of rotatable bonds is 5. The molecule has 0 bridgehead atoms. The van der Waals surface area contributed by atoms with Crippen molar-refractivity contribution in [1.82, 2.24) is 20.0 Å². The first-order valence-corrected chi connectivity index (χ1v) is 7.04. The average molecular weight is 250 g/mol. The molecule has 1 atom stereocenters. The highest BCUT2D eigenvalue weighted by Gasteiger charge is 2.20. The maximum atomic E-state index is 4.45. The first-order chi connectivity index (χ1) is 8.61. The predicted octanol–water partition coefficient (Wildman–Crippen LogP) is 1.47. The normalized spacial score (nSPS) is 20.8. The van der Waals surface area contributed by atoms with Gasteiger partial charge in [0.2, 0.25) is 0 Å². The van der Waals surface area contributed by atoms with E-state index < -0.39 is 0 Å². The monoisotopic (exact) mass is 250 g/mol. The van der Waals surface area contributed by atoms with E-state index in [1.54, 1.807) is 0 Å². The van der Waals surface area contributed by atoms with Crippen LogP contribution in [-0.4, -0.2) is 40.9 Å². The molecule has 2 rings (SSSR count). The molecule has 0 radical (unpaired) electrons. The zero-order chi connectivity index (χ0) is 13.1. The van der Waals surface area contributed by atoms with Crippen molar-refractivity contribution >= 4 is 0 Å². The predicted molar refractivity (Wildman–Crippen MR) is 74.6 cm³/mol. The number of hydrogen-bond acceptors (Lipinski definition) is 3. The molecule has 4 heteroatoms. The maximum Gasteiger partial charge on any atom is 0.0641 e. The second-order valence-corrected chi connectivity index (χ2v) is 5.45. The van der Waals surface area contributed by atoms with E-state index in [-0.39, 0.29) is 0 Å². The van der Waals surface area contributed by atoms with E-state index >= 15 is 0 Å². The lowest BCUT2D eigenvalue weighted by atomic mass is 10.1. The molecule has 102 valence electrons. The number of aromatic nitrogens is 2. The Morgan fingerprint density at radius 1 is 1.39 bits per heavy atom. The van der Waals surface area contributed by atoms with Crippen LogP contribution in [0.25, 0.3) is 0 Å². The topological polar surface area (TPSA) is 33.1 Å². The summed E-state index contributed by atoms with van der Waals surface area (Å²) in [6.45, 7) is 12.3. The molecule has 0 aromatic carbocycles. The molecule has 0 unspecified atom stereocenters. The van der Waals surface area contributed by atoms with Crippen molar-refractivity contribution in [1.29, 1.82) is 0 Å². The van der Waals surface area contributed by atoms with Crippen molar-refractivity contribution in [2.24, 2.45) is 13.0 Å². The molecule has 1 aliphatic rings. The van der Waals surface area contributed by atoms with Gasteiger partial charge in [-0.15, -0.1) is 0 Å². The van der Waals surface area contributed by atoms with Crippen LogP contribution in [0, 0.1) is 19.8 Å². The molecule has 0 aliphatic carbocycles. The fraction of sp³-hybridized carbons (Fsp3) is 0.786. The number of likely N-dealkylation sites (tertiary alicyclic amines) is 1. The zero-order valence-corrected chi connectivity index (χ0v) is 12.2. The lowest BCUT2D eigenvalue weighted by Gasteiger charge is -2.13. The Labute approximate surface area is 110 Å². The second kappa shape index (κ2) is 5.85. The minimum Gasteiger partial charge on any atom is -0.312 e. The maximum absolute atomic E-state index is 4.45. The summed E-state index contributed by atoms with van der Waals surface area (Å²) in [5.74, 6) is 0.822. The van der Waals surface area contributed by atoms with Crippen LogP contribution in [0.3, 0.4) is 0 Å². The Hall–Kier alpha value is -0.870. The molecule has 4 nitrogen and oxygen atoms in total. The SMILES string of the molecule is CCN1CC[C@H](CNCc2c(C)nn(C)c2C)C1. The van der Waals surface area contributed by atoms with Gasteiger partial charge < -0.3 is 10.2 Å². The van der Waals surface area contributed by atoms with Gasteiger partial charge in [0.25, 0.3) is 0 Å². The van der Waals surface area contributed by atoms with E-state index in [1.165, 1.54) is 37.3 Å². The Morgan fingerprint density at radius 2 is 2.17 bits per heavy atom. The van der Waals surface area contributed by atoms with Gasteiger partial charge in [-0.25, -0.2) is 0 Å². The van der Waals surface area contributed by atoms with E-state index in [2.05, 4.69) is 36.1 Å². The molecule has 2 heterocycles. The second-order valence-electron chi connectivity index (χ2n) is 5.45. The van der Waals surface area contributed by atoms with Crippen LogP contribution in [0.4, 0.5) is 0 Å². The fourth-order valence-corrected chi connectivity index (χ4v) is 2.84. The molecule has 18 heavy (non-hydrogen) atoms. The Kier molecular flexibility index (Phi) is 4.40. The minimum absolute atomic E-state index is 0.822. The van der Waals surface area contributed by atoms with Crippen molar-refractivity contribution in [2.45, 2.75) is 33.7 Å². The number of nitrogens with one attached hydrogen (secondary N) is 1. The van der Waals surface area contributed by atoms with E-state index in [0.29, 0.717) is 0 Å². The minimum atomic E-state index is 0.822. The van der Waals surface area contributed by atoms with E-state index in [0.717, 1.165) is 24.7 Å². The van der Waals surface area contributed by atoms with Gasteiger partial charge in [0.1, 0.15) is 0 Å². The van der Waals surface area contributed by atoms with Crippen molar-refractivity contribution in [3.05, 3.63) is 17.0 Å². The summed E-state index contributed by atoms with van der Waals surface area (Å²) in [5, 5.41) is 8.06. The number of nitrogens with zero attached hydrogens (tertiary/aromatic N) is 3. The third-order valence-corrected chi connectivity index (χ3v) is 4.21. The van der Waals surface area contributed by atoms with Crippen LogP contribution in [0.5, 0.6) is 0 Å². The van der Waals surface area contributed by atoms with Gasteiger partial charge in [-0.3, -0.25) is 4.68 Å². The van der Waals surface area contributed by atoms with Gasteiger partial charge in [-0.1, -0.05) is 6.92 Å². The van der Waals surface area contributed by atoms with Crippen LogP contribution < -0.4 is 5.32 Å². The molecule has 1 aromatic rings. The number of aryl methyl sites for hydroxylation is 2. The quantitative estimate of drug-likeness (QED) is 0.859. The summed E-state index contributed by atoms with van der Waals surface area (Å²) in [6.07, 6.45) is 1.34. The summed E-state index contributed by atoms with van der Waals surface area (Å²) >= 11 is 0. The molecule has 0 spiro atoms. The lowest BCUT2D eigenvalue weighted by Crippen LogP contribution is -2.26. The Morgan fingerprint density at radius 3 is 2.72 bits per heavy atom. The van der Waals surface area contributed by atoms with Gasteiger partial charge in [0.15, 0.2) is 0 Å². The molecular formula is C14H26N4. The highest BCUT2D eigenvalue weighted by molar-refractivity contribution is 5.23. The van der Waals surface area contributed by atoms with Gasteiger partial charge in [-0.05, 0) is 45.8 Å². The van der Waals surface area contributed by atoms with E-state index in [1.807, 2.05) is 11.7 Å². The third kappa shape index (κ3) is 2.93. The molecule has 1 fully saturated rings. The summed E-state index contributed by atoms with van der Waals surface area (Å²) in [4.78, 5) is 2.53. The molecule has 1 saturated heterocycles. The highest BCUT2D eigenvalue weighted by atomic mass is 15.3. The van der Waals surface area contributed by atoms with Gasteiger partial charge in [-0.2, -0.15) is 5.10 Å². The smallest absolute Gasteiger partial charge is 0.0641 e.